The van der Waals surface area contributed by atoms with Crippen LogP contribution in [-0.4, -0.2) is 29.3 Å². The van der Waals surface area contributed by atoms with Gasteiger partial charge in [-0.05, 0) is 19.8 Å². The van der Waals surface area contributed by atoms with Gasteiger partial charge in [-0.1, -0.05) is 12.8 Å². The van der Waals surface area contributed by atoms with Gasteiger partial charge in [0.2, 0.25) is 11.4 Å². The van der Waals surface area contributed by atoms with Crippen LogP contribution in [0.15, 0.2) is 11.8 Å². The number of ketones is 1. The predicted molar refractivity (Wildman–Crippen MR) is 58.5 cm³/mol. The summed E-state index contributed by atoms with van der Waals surface area (Å²) in [6.07, 6.45) is 5.75. The molecule has 16 heavy (non-hydrogen) atoms. The normalized spacial score (nSPS) is 30.1. The Morgan fingerprint density at radius 1 is 1.56 bits per heavy atom. The minimum Gasteiger partial charge on any atom is -0.465 e. The third-order valence-corrected chi connectivity index (χ3v) is 3.62. The second-order valence-electron chi connectivity index (χ2n) is 4.58. The quantitative estimate of drug-likeness (QED) is 0.529. The molecule has 0 aromatic heterocycles. The Morgan fingerprint density at radius 2 is 2.19 bits per heavy atom. The smallest absolute Gasteiger partial charge is 0.373 e. The number of carbonyl (C=O) groups is 1. The average Bonchev–Trinajstić information content (AvgIpc) is 2.87. The van der Waals surface area contributed by atoms with Crippen LogP contribution in [0, 0.1) is 5.92 Å². The molecule has 0 saturated heterocycles. The van der Waals surface area contributed by atoms with Crippen molar-refractivity contribution < 1.29 is 19.1 Å². The first-order valence-electron chi connectivity index (χ1n) is 5.63. The number of hydrogen-bond acceptors (Lipinski definition) is 3. The van der Waals surface area contributed by atoms with E-state index in [1.807, 2.05) is 6.92 Å². The van der Waals surface area contributed by atoms with Gasteiger partial charge in [-0.25, -0.2) is 4.79 Å². The molecule has 0 aromatic rings. The molecule has 1 saturated carbocycles. The minimum atomic E-state index is -0.736. The molecule has 4 heteroatoms. The molecule has 0 radical (unpaired) electrons. The lowest BCUT2D eigenvalue weighted by atomic mass is 9.85. The van der Waals surface area contributed by atoms with Crippen molar-refractivity contribution >= 4 is 11.8 Å². The highest BCUT2D eigenvalue weighted by Gasteiger charge is 2.53. The summed E-state index contributed by atoms with van der Waals surface area (Å²) in [6.45, 7) is 1.84. The summed E-state index contributed by atoms with van der Waals surface area (Å²) in [5.41, 5.74) is -0.736. The van der Waals surface area contributed by atoms with Crippen LogP contribution in [0.4, 0.5) is 0 Å². The van der Waals surface area contributed by atoms with Crippen LogP contribution in [-0.2, 0) is 14.3 Å². The molecule has 0 aromatic carbocycles. The molecule has 2 aliphatic rings. The molecule has 4 nitrogen and oxygen atoms in total. The number of hydrogen-bond donors (Lipinski definition) is 0. The van der Waals surface area contributed by atoms with Crippen molar-refractivity contribution in [3.8, 4) is 0 Å². The van der Waals surface area contributed by atoms with E-state index in [-0.39, 0.29) is 17.5 Å². The molecule has 88 valence electrons. The van der Waals surface area contributed by atoms with Crippen molar-refractivity contribution in [1.29, 1.82) is 0 Å². The summed E-state index contributed by atoms with van der Waals surface area (Å²) < 4.78 is 10.2. The Balaban J connectivity index is 2.15. The summed E-state index contributed by atoms with van der Waals surface area (Å²) in [7, 11) is 1.30. The van der Waals surface area contributed by atoms with Crippen molar-refractivity contribution in [1.82, 2.24) is 0 Å². The van der Waals surface area contributed by atoms with E-state index in [0.717, 1.165) is 25.7 Å². The fourth-order valence-corrected chi connectivity index (χ4v) is 2.55. The first kappa shape index (κ1) is 11.2. The fraction of sp³-hybridized carbons (Fsp3) is 0.667. The van der Waals surface area contributed by atoms with Gasteiger partial charge < -0.3 is 9.47 Å². The lowest BCUT2D eigenvalue weighted by Crippen LogP contribution is -2.40. The Kier molecular flexibility index (Phi) is 2.74. The van der Waals surface area contributed by atoms with Gasteiger partial charge in [-0.3, -0.25) is 4.79 Å². The van der Waals surface area contributed by atoms with Gasteiger partial charge in [-0.15, -0.1) is 0 Å². The van der Waals surface area contributed by atoms with Gasteiger partial charge in [0.05, 0.1) is 13.2 Å². The molecule has 1 aliphatic carbocycles. The number of esters is 1. The maximum absolute atomic E-state index is 11.3. The summed E-state index contributed by atoms with van der Waals surface area (Å²) in [4.78, 5) is 21.3. The highest BCUT2D eigenvalue weighted by Crippen LogP contribution is 2.41. The fourth-order valence-electron chi connectivity index (χ4n) is 2.55. The Hall–Kier alpha value is -1.32. The second-order valence-corrected chi connectivity index (χ2v) is 4.58. The molecule has 1 unspecified atom stereocenters. The van der Waals surface area contributed by atoms with E-state index in [4.69, 9.17) is 4.74 Å². The SMILES string of the molecule is COC(=O)C1=CC(=[OH+])C(C)(C2CCCC2)O1. The van der Waals surface area contributed by atoms with E-state index >= 15 is 0 Å². The molecular weight excluding hydrogens is 208 g/mol. The Labute approximate surface area is 94.6 Å². The molecule has 1 heterocycles. The summed E-state index contributed by atoms with van der Waals surface area (Å²) in [5.74, 6) is -0.00613. The standard InChI is InChI=1S/C12H16O4/c1-12(8-5-3-4-6-8)10(13)7-9(16-12)11(14)15-2/h7-8H,3-6H2,1-2H3/p+1. The number of methoxy groups -OCH3 is 1. The summed E-state index contributed by atoms with van der Waals surface area (Å²) in [6, 6.07) is 0. The molecule has 0 bridgehead atoms. The zero-order chi connectivity index (χ0) is 11.8. The highest BCUT2D eigenvalue weighted by atomic mass is 16.6. The van der Waals surface area contributed by atoms with Crippen LogP contribution >= 0.6 is 0 Å². The van der Waals surface area contributed by atoms with Gasteiger partial charge in [0.15, 0.2) is 0 Å². The number of ether oxygens (including phenoxy) is 2. The monoisotopic (exact) mass is 225 g/mol. The van der Waals surface area contributed by atoms with Crippen LogP contribution in [0.3, 0.4) is 0 Å². The predicted octanol–water partition coefficient (Wildman–Crippen LogP) is 1.57. The molecule has 1 N–H and O–H groups in total. The van der Waals surface area contributed by atoms with Gasteiger partial charge >= 0.3 is 11.8 Å². The largest absolute Gasteiger partial charge is 0.465 e. The molecule has 1 aliphatic heterocycles. The third-order valence-electron chi connectivity index (χ3n) is 3.62. The van der Waals surface area contributed by atoms with Crippen LogP contribution in [0.25, 0.3) is 0 Å². The first-order valence-corrected chi connectivity index (χ1v) is 5.63. The van der Waals surface area contributed by atoms with Crippen LogP contribution < -0.4 is 0 Å². The third kappa shape index (κ3) is 1.62. The summed E-state index contributed by atoms with van der Waals surface area (Å²) >= 11 is 0. The molecule has 1 atom stereocenters. The minimum absolute atomic E-state index is 0.106. The van der Waals surface area contributed by atoms with Crippen LogP contribution in [0.5, 0.6) is 0 Å². The van der Waals surface area contributed by atoms with Crippen molar-refractivity contribution in [2.24, 2.45) is 5.92 Å². The molecule has 2 rings (SSSR count). The van der Waals surface area contributed by atoms with Gasteiger partial charge in [0.1, 0.15) is 0 Å². The van der Waals surface area contributed by atoms with E-state index in [9.17, 15) is 9.59 Å². The van der Waals surface area contributed by atoms with E-state index in [0.29, 0.717) is 0 Å². The lowest BCUT2D eigenvalue weighted by Gasteiger charge is -2.26. The van der Waals surface area contributed by atoms with Crippen LogP contribution in [0.1, 0.15) is 32.6 Å². The van der Waals surface area contributed by atoms with Crippen molar-refractivity contribution in [2.75, 3.05) is 7.11 Å². The maximum Gasteiger partial charge on any atom is 0.373 e. The van der Waals surface area contributed by atoms with Crippen LogP contribution in [0.2, 0.25) is 0 Å². The van der Waals surface area contributed by atoms with E-state index in [1.165, 1.54) is 13.2 Å². The molecule has 0 amide bonds. The van der Waals surface area contributed by atoms with E-state index in [2.05, 4.69) is 4.74 Å². The molecule has 0 spiro atoms. The number of carbonyl (C=O) groups excluding carboxylic acids is 2. The van der Waals surface area contributed by atoms with Crippen molar-refractivity contribution in [3.63, 3.8) is 0 Å². The van der Waals surface area contributed by atoms with E-state index < -0.39 is 11.6 Å². The lowest BCUT2D eigenvalue weighted by molar-refractivity contribution is -0.142. The number of rotatable bonds is 2. The second kappa shape index (κ2) is 3.92. The van der Waals surface area contributed by atoms with Crippen molar-refractivity contribution in [3.05, 3.63) is 11.8 Å². The average molecular weight is 225 g/mol. The van der Waals surface area contributed by atoms with E-state index in [1.54, 1.807) is 0 Å². The maximum atomic E-state index is 11.3. The molecular formula is C12H17O4+. The van der Waals surface area contributed by atoms with Gasteiger partial charge in [-0.2, -0.15) is 0 Å². The zero-order valence-corrected chi connectivity index (χ0v) is 9.66. The topological polar surface area (TPSA) is 56.9 Å². The Morgan fingerprint density at radius 3 is 2.75 bits per heavy atom. The highest BCUT2D eigenvalue weighted by molar-refractivity contribution is 6.06. The molecule has 1 fully saturated rings. The van der Waals surface area contributed by atoms with Gasteiger partial charge in [0.25, 0.3) is 0 Å². The van der Waals surface area contributed by atoms with Crippen molar-refractivity contribution in [2.45, 2.75) is 38.2 Å². The summed E-state index contributed by atoms with van der Waals surface area (Å²) in [5, 5.41) is 0. The van der Waals surface area contributed by atoms with Gasteiger partial charge in [0, 0.05) is 5.92 Å². The zero-order valence-electron chi connectivity index (χ0n) is 9.66. The Bertz CT molecular complexity index is 352. The first-order chi connectivity index (χ1) is 7.58.